The van der Waals surface area contributed by atoms with E-state index in [0.717, 1.165) is 0 Å². The second-order valence-electron chi connectivity index (χ2n) is 9.19. The Balaban J connectivity index is 1.61. The summed E-state index contributed by atoms with van der Waals surface area (Å²) in [5.74, 6) is -1.67. The number of nitrogens with one attached hydrogen (secondary N) is 1. The molecule has 1 saturated heterocycles. The summed E-state index contributed by atoms with van der Waals surface area (Å²) in [6, 6.07) is 10.2. The van der Waals surface area contributed by atoms with Crippen LogP contribution in [0, 0.1) is 11.6 Å². The molecule has 0 radical (unpaired) electrons. The molecule has 2 aromatic carbocycles. The van der Waals surface area contributed by atoms with Crippen molar-refractivity contribution in [2.45, 2.75) is 26.3 Å². The van der Waals surface area contributed by atoms with Crippen molar-refractivity contribution in [3.63, 3.8) is 0 Å². The van der Waals surface area contributed by atoms with E-state index in [2.05, 4.69) is 10.2 Å². The number of likely N-dealkylation sites (N-methyl/N-ethyl adjacent to an activating group) is 1. The summed E-state index contributed by atoms with van der Waals surface area (Å²) in [5.41, 5.74) is 1.69. The highest BCUT2D eigenvalue weighted by molar-refractivity contribution is 5.95. The van der Waals surface area contributed by atoms with Gasteiger partial charge in [0.25, 0.3) is 5.91 Å². The van der Waals surface area contributed by atoms with E-state index in [4.69, 9.17) is 4.74 Å². The van der Waals surface area contributed by atoms with Crippen molar-refractivity contribution in [3.8, 4) is 0 Å². The predicted molar refractivity (Wildman–Crippen MR) is 137 cm³/mol. The summed E-state index contributed by atoms with van der Waals surface area (Å²) >= 11 is 0. The number of amides is 3. The molecule has 2 aromatic rings. The van der Waals surface area contributed by atoms with Gasteiger partial charge in [-0.05, 0) is 56.2 Å². The summed E-state index contributed by atoms with van der Waals surface area (Å²) in [6.07, 6.45) is 0.669. The second-order valence-corrected chi connectivity index (χ2v) is 9.19. The van der Waals surface area contributed by atoms with Gasteiger partial charge in [0, 0.05) is 50.5 Å². The highest BCUT2D eigenvalue weighted by atomic mass is 19.1. The second kappa shape index (κ2) is 12.2. The van der Waals surface area contributed by atoms with Crippen LogP contribution in [0.5, 0.6) is 0 Å². The number of rotatable bonds is 7. The first-order valence-corrected chi connectivity index (χ1v) is 12.8. The van der Waals surface area contributed by atoms with Gasteiger partial charge in [0.1, 0.15) is 11.6 Å². The largest absolute Gasteiger partial charge is 0.463 e. The number of ether oxygens (including phenoxy) is 1. The number of carbonyl (C=O) groups excluding carboxylic acids is 3. The van der Waals surface area contributed by atoms with Gasteiger partial charge in [-0.15, -0.1) is 0 Å². The molecule has 2 aliphatic rings. The number of halogens is 2. The molecule has 1 N–H and O–H groups in total. The van der Waals surface area contributed by atoms with Crippen LogP contribution in [0.1, 0.15) is 42.2 Å². The van der Waals surface area contributed by atoms with Crippen molar-refractivity contribution >= 4 is 17.9 Å². The zero-order valence-electron chi connectivity index (χ0n) is 21.6. The van der Waals surface area contributed by atoms with Gasteiger partial charge in [-0.3, -0.25) is 14.6 Å². The average Bonchev–Trinajstić information content (AvgIpc) is 3.14. The molecular formula is C28H32F2N4O4. The molecule has 2 heterocycles. The van der Waals surface area contributed by atoms with Crippen LogP contribution >= 0.6 is 0 Å². The molecule has 2 aliphatic heterocycles. The van der Waals surface area contributed by atoms with Crippen molar-refractivity contribution < 1.29 is 27.9 Å². The molecule has 0 aliphatic carbocycles. The van der Waals surface area contributed by atoms with E-state index >= 15 is 0 Å². The topological polar surface area (TPSA) is 82.2 Å². The van der Waals surface area contributed by atoms with E-state index in [1.54, 1.807) is 30.0 Å². The maximum atomic E-state index is 13.7. The molecule has 0 aromatic heterocycles. The molecule has 3 amide bonds. The Bertz CT molecular complexity index is 1220. The Morgan fingerprint density at radius 3 is 2.45 bits per heavy atom. The molecular weight excluding hydrogens is 494 g/mol. The number of nitrogens with zero attached hydrogens (tertiary/aromatic N) is 3. The molecule has 0 bridgehead atoms. The Morgan fingerprint density at radius 1 is 1.00 bits per heavy atom. The highest BCUT2D eigenvalue weighted by Crippen LogP contribution is 2.32. The number of benzene rings is 2. The SMILES string of the molecule is CCOC(=O)C1=C(CN2CCCN(C(=O)c3cccc(F)c3)CC2)N(CC)C(=O)N[C@@H]1c1ccc(F)cc1. The van der Waals surface area contributed by atoms with Crippen molar-refractivity contribution in [3.05, 3.63) is 82.6 Å². The van der Waals surface area contributed by atoms with Gasteiger partial charge in [-0.2, -0.15) is 0 Å². The fraction of sp³-hybridized carbons (Fsp3) is 0.393. The van der Waals surface area contributed by atoms with Crippen LogP contribution in [0.4, 0.5) is 13.6 Å². The molecule has 4 rings (SSSR count). The van der Waals surface area contributed by atoms with E-state index in [0.29, 0.717) is 61.5 Å². The number of esters is 1. The normalized spacial score (nSPS) is 18.7. The van der Waals surface area contributed by atoms with Crippen LogP contribution in [-0.4, -0.2) is 78.5 Å². The fourth-order valence-electron chi connectivity index (χ4n) is 4.91. The lowest BCUT2D eigenvalue weighted by atomic mass is 9.94. The maximum absolute atomic E-state index is 13.7. The van der Waals surface area contributed by atoms with E-state index < -0.39 is 23.6 Å². The lowest BCUT2D eigenvalue weighted by molar-refractivity contribution is -0.139. The van der Waals surface area contributed by atoms with Gasteiger partial charge in [-0.25, -0.2) is 18.4 Å². The van der Waals surface area contributed by atoms with Crippen LogP contribution in [0.2, 0.25) is 0 Å². The molecule has 10 heteroatoms. The minimum atomic E-state index is -0.794. The number of hydrogen-bond donors (Lipinski definition) is 1. The smallest absolute Gasteiger partial charge is 0.338 e. The lowest BCUT2D eigenvalue weighted by Crippen LogP contribution is -2.51. The van der Waals surface area contributed by atoms with E-state index in [9.17, 15) is 23.2 Å². The van der Waals surface area contributed by atoms with E-state index in [-0.39, 0.29) is 25.1 Å². The van der Waals surface area contributed by atoms with Crippen molar-refractivity contribution in [1.82, 2.24) is 20.0 Å². The summed E-state index contributed by atoms with van der Waals surface area (Å²) in [4.78, 5) is 44.6. The number of urea groups is 1. The minimum Gasteiger partial charge on any atom is -0.463 e. The first-order chi connectivity index (χ1) is 18.3. The van der Waals surface area contributed by atoms with Crippen LogP contribution in [0.15, 0.2) is 59.8 Å². The monoisotopic (exact) mass is 526 g/mol. The Hall–Kier alpha value is -3.79. The number of carbonyl (C=O) groups is 3. The van der Waals surface area contributed by atoms with Crippen LogP contribution < -0.4 is 5.32 Å². The summed E-state index contributed by atoms with van der Waals surface area (Å²) in [5, 5.41) is 2.87. The molecule has 38 heavy (non-hydrogen) atoms. The van der Waals surface area contributed by atoms with Crippen molar-refractivity contribution in [2.75, 3.05) is 45.9 Å². The van der Waals surface area contributed by atoms with Gasteiger partial charge >= 0.3 is 12.0 Å². The standard InChI is InChI=1S/C28H32F2N4O4/c1-3-34-23(18-32-13-6-14-33(16-15-32)26(35)20-7-5-8-22(30)17-20)24(27(36)38-4-2)25(31-28(34)37)19-9-11-21(29)12-10-19/h5,7-12,17,25H,3-4,6,13-16,18H2,1-2H3,(H,31,37)/t25-/m1/s1. The molecule has 8 nitrogen and oxygen atoms in total. The quantitative estimate of drug-likeness (QED) is 0.557. The van der Waals surface area contributed by atoms with Crippen molar-refractivity contribution in [1.29, 1.82) is 0 Å². The molecule has 1 fully saturated rings. The fourth-order valence-corrected chi connectivity index (χ4v) is 4.91. The molecule has 0 spiro atoms. The zero-order chi connectivity index (χ0) is 27.2. The summed E-state index contributed by atoms with van der Waals surface area (Å²) in [7, 11) is 0. The average molecular weight is 527 g/mol. The third-order valence-corrected chi connectivity index (χ3v) is 6.77. The van der Waals surface area contributed by atoms with Gasteiger partial charge in [0.2, 0.25) is 0 Å². The van der Waals surface area contributed by atoms with Gasteiger partial charge in [0.15, 0.2) is 0 Å². The predicted octanol–water partition coefficient (Wildman–Crippen LogP) is 3.72. The maximum Gasteiger partial charge on any atom is 0.338 e. The van der Waals surface area contributed by atoms with Gasteiger partial charge in [-0.1, -0.05) is 18.2 Å². The molecule has 0 saturated carbocycles. The van der Waals surface area contributed by atoms with Crippen molar-refractivity contribution in [2.24, 2.45) is 0 Å². The Kier molecular flexibility index (Phi) is 8.73. The Labute approximate surface area is 220 Å². The number of hydrogen-bond acceptors (Lipinski definition) is 5. The molecule has 1 atom stereocenters. The Morgan fingerprint density at radius 2 is 1.76 bits per heavy atom. The third-order valence-electron chi connectivity index (χ3n) is 6.77. The summed E-state index contributed by atoms with van der Waals surface area (Å²) < 4.78 is 32.6. The van der Waals surface area contributed by atoms with Gasteiger partial charge < -0.3 is 15.0 Å². The first kappa shape index (κ1) is 27.3. The molecule has 0 unspecified atom stereocenters. The highest BCUT2D eigenvalue weighted by Gasteiger charge is 2.38. The van der Waals surface area contributed by atoms with Gasteiger partial charge in [0.05, 0.1) is 18.2 Å². The van der Waals surface area contributed by atoms with E-state index in [1.165, 1.54) is 35.2 Å². The van der Waals surface area contributed by atoms with Crippen LogP contribution in [0.25, 0.3) is 0 Å². The van der Waals surface area contributed by atoms with E-state index in [1.807, 2.05) is 6.92 Å². The first-order valence-electron chi connectivity index (χ1n) is 12.8. The third kappa shape index (κ3) is 6.02. The minimum absolute atomic E-state index is 0.159. The molecule has 202 valence electrons. The van der Waals surface area contributed by atoms with Crippen LogP contribution in [-0.2, 0) is 9.53 Å². The van der Waals surface area contributed by atoms with Crippen LogP contribution in [0.3, 0.4) is 0 Å². The zero-order valence-corrected chi connectivity index (χ0v) is 21.6. The summed E-state index contributed by atoms with van der Waals surface area (Å²) in [6.45, 7) is 6.36. The lowest BCUT2D eigenvalue weighted by Gasteiger charge is -2.38.